The first-order chi connectivity index (χ1) is 16.0. The second-order valence-electron chi connectivity index (χ2n) is 10.6. The van der Waals surface area contributed by atoms with E-state index >= 15 is 0 Å². The Morgan fingerprint density at radius 2 is 2.18 bits per heavy atom. The van der Waals surface area contributed by atoms with Crippen LogP contribution in [0.2, 0.25) is 0 Å². The molecule has 0 aromatic carbocycles. The van der Waals surface area contributed by atoms with E-state index in [1.807, 2.05) is 22.6 Å². The SMILES string of the molecule is CCC1CC2CCCC(CC(=O)Nc3cccc4nc(C(=O)N(C)C5CCOC5)cn34)(C1)C2. The number of anilines is 1. The molecule has 2 aromatic heterocycles. The van der Waals surface area contributed by atoms with Crippen molar-refractivity contribution in [2.24, 2.45) is 17.3 Å². The van der Waals surface area contributed by atoms with Gasteiger partial charge in [0.2, 0.25) is 5.91 Å². The number of imidazole rings is 1. The van der Waals surface area contributed by atoms with Crippen LogP contribution in [-0.2, 0) is 9.53 Å². The van der Waals surface area contributed by atoms with E-state index < -0.39 is 0 Å². The average molecular weight is 453 g/mol. The molecule has 4 atom stereocenters. The minimum atomic E-state index is -0.119. The van der Waals surface area contributed by atoms with E-state index in [0.29, 0.717) is 36.8 Å². The molecule has 4 unspecified atom stereocenters. The van der Waals surface area contributed by atoms with Crippen molar-refractivity contribution in [3.05, 3.63) is 30.1 Å². The number of fused-ring (bicyclic) bond motifs is 3. The molecule has 5 rings (SSSR count). The van der Waals surface area contributed by atoms with Gasteiger partial charge in [-0.1, -0.05) is 32.3 Å². The van der Waals surface area contributed by atoms with Crippen molar-refractivity contribution in [2.45, 2.75) is 70.8 Å². The number of aromatic nitrogens is 2. The van der Waals surface area contributed by atoms with Gasteiger partial charge in [-0.15, -0.1) is 0 Å². The first kappa shape index (κ1) is 22.4. The smallest absolute Gasteiger partial charge is 0.274 e. The third-order valence-corrected chi connectivity index (χ3v) is 8.29. The van der Waals surface area contributed by atoms with Crippen LogP contribution in [0.25, 0.3) is 5.65 Å². The van der Waals surface area contributed by atoms with Crippen molar-refractivity contribution in [1.82, 2.24) is 14.3 Å². The van der Waals surface area contributed by atoms with Crippen LogP contribution in [0.15, 0.2) is 24.4 Å². The normalized spacial score (nSPS) is 29.2. The maximum atomic E-state index is 13.2. The molecule has 1 N–H and O–H groups in total. The van der Waals surface area contributed by atoms with Gasteiger partial charge < -0.3 is 15.0 Å². The second kappa shape index (κ2) is 9.09. The second-order valence-corrected chi connectivity index (χ2v) is 10.6. The van der Waals surface area contributed by atoms with E-state index in [0.717, 1.165) is 18.3 Å². The van der Waals surface area contributed by atoms with Crippen LogP contribution in [0.5, 0.6) is 0 Å². The van der Waals surface area contributed by atoms with Gasteiger partial charge in [-0.3, -0.25) is 14.0 Å². The van der Waals surface area contributed by atoms with Crippen molar-refractivity contribution in [1.29, 1.82) is 0 Å². The first-order valence-corrected chi connectivity index (χ1v) is 12.6. The maximum absolute atomic E-state index is 13.2. The summed E-state index contributed by atoms with van der Waals surface area (Å²) in [6.45, 7) is 3.54. The topological polar surface area (TPSA) is 75.9 Å². The van der Waals surface area contributed by atoms with Gasteiger partial charge in [-0.05, 0) is 61.5 Å². The number of nitrogens with one attached hydrogen (secondary N) is 1. The van der Waals surface area contributed by atoms with Crippen molar-refractivity contribution >= 4 is 23.3 Å². The van der Waals surface area contributed by atoms with E-state index in [2.05, 4.69) is 17.2 Å². The maximum Gasteiger partial charge on any atom is 0.274 e. The zero-order valence-corrected chi connectivity index (χ0v) is 19.9. The lowest BCUT2D eigenvalue weighted by molar-refractivity contribution is -0.120. The Morgan fingerprint density at radius 3 is 2.97 bits per heavy atom. The zero-order valence-electron chi connectivity index (χ0n) is 19.9. The standard InChI is InChI=1S/C26H36N4O3/c1-3-18-12-19-6-5-10-26(13-18,14-19)15-24(31)28-23-8-4-7-22-27-21(16-30(22)23)25(32)29(2)20-9-11-33-17-20/h4,7-8,16,18-20H,3,5-6,9-15,17H2,1-2H3,(H,28,31). The predicted molar refractivity (Wildman–Crippen MR) is 127 cm³/mol. The molecule has 1 saturated heterocycles. The highest BCUT2D eigenvalue weighted by molar-refractivity contribution is 5.94. The summed E-state index contributed by atoms with van der Waals surface area (Å²) in [6.07, 6.45) is 11.8. The molecule has 0 spiro atoms. The number of rotatable bonds is 6. The lowest BCUT2D eigenvalue weighted by atomic mass is 9.57. The van der Waals surface area contributed by atoms with Crippen molar-refractivity contribution in [3.63, 3.8) is 0 Å². The molecule has 178 valence electrons. The number of nitrogens with zero attached hydrogens (tertiary/aromatic N) is 3. The van der Waals surface area contributed by atoms with Crippen molar-refractivity contribution in [2.75, 3.05) is 25.6 Å². The van der Waals surface area contributed by atoms with Gasteiger partial charge in [0.15, 0.2) is 0 Å². The van der Waals surface area contributed by atoms with Crippen LogP contribution in [0.4, 0.5) is 5.82 Å². The average Bonchev–Trinajstić information content (AvgIpc) is 3.48. The summed E-state index contributed by atoms with van der Waals surface area (Å²) in [7, 11) is 1.80. The number of hydrogen-bond donors (Lipinski definition) is 1. The fourth-order valence-corrected chi connectivity index (χ4v) is 6.60. The Labute approximate surface area is 195 Å². The minimum Gasteiger partial charge on any atom is -0.379 e. The third kappa shape index (κ3) is 4.52. The molecule has 2 saturated carbocycles. The van der Waals surface area contributed by atoms with E-state index in [1.54, 1.807) is 18.1 Å². The van der Waals surface area contributed by atoms with Crippen LogP contribution >= 0.6 is 0 Å². The Kier molecular flexibility index (Phi) is 6.16. The first-order valence-electron chi connectivity index (χ1n) is 12.6. The molecular formula is C26H36N4O3. The summed E-state index contributed by atoms with van der Waals surface area (Å²) in [5.74, 6) is 2.17. The molecule has 3 aliphatic rings. The summed E-state index contributed by atoms with van der Waals surface area (Å²) < 4.78 is 7.24. The van der Waals surface area contributed by atoms with Crippen LogP contribution in [-0.4, -0.2) is 52.4 Å². The summed E-state index contributed by atoms with van der Waals surface area (Å²) in [5.41, 5.74) is 1.20. The monoisotopic (exact) mass is 452 g/mol. The highest BCUT2D eigenvalue weighted by Crippen LogP contribution is 2.53. The van der Waals surface area contributed by atoms with Gasteiger partial charge in [-0.25, -0.2) is 4.98 Å². The third-order valence-electron chi connectivity index (χ3n) is 8.29. The van der Waals surface area contributed by atoms with E-state index in [1.165, 1.54) is 44.9 Å². The predicted octanol–water partition coefficient (Wildman–Crippen LogP) is 4.52. The molecule has 0 radical (unpaired) electrons. The van der Waals surface area contributed by atoms with Crippen molar-refractivity contribution in [3.8, 4) is 0 Å². The highest BCUT2D eigenvalue weighted by atomic mass is 16.5. The number of amides is 2. The molecule has 2 aromatic rings. The Balaban J connectivity index is 1.31. The fraction of sp³-hybridized carbons (Fsp3) is 0.654. The summed E-state index contributed by atoms with van der Waals surface area (Å²) in [6, 6.07) is 5.71. The van der Waals surface area contributed by atoms with Gasteiger partial charge in [-0.2, -0.15) is 0 Å². The molecule has 2 bridgehead atoms. The van der Waals surface area contributed by atoms with Gasteiger partial charge in [0, 0.05) is 26.3 Å². The molecular weight excluding hydrogens is 416 g/mol. The summed E-state index contributed by atoms with van der Waals surface area (Å²) >= 11 is 0. The van der Waals surface area contributed by atoms with E-state index in [-0.39, 0.29) is 23.3 Å². The fourth-order valence-electron chi connectivity index (χ4n) is 6.60. The van der Waals surface area contributed by atoms with E-state index in [9.17, 15) is 9.59 Å². The lowest BCUT2D eigenvalue weighted by Crippen LogP contribution is -2.39. The van der Waals surface area contributed by atoms with Gasteiger partial charge >= 0.3 is 0 Å². The quantitative estimate of drug-likeness (QED) is 0.699. The zero-order chi connectivity index (χ0) is 23.0. The van der Waals surface area contributed by atoms with Crippen molar-refractivity contribution < 1.29 is 14.3 Å². The van der Waals surface area contributed by atoms with Crippen LogP contribution in [0.3, 0.4) is 0 Å². The van der Waals surface area contributed by atoms with Gasteiger partial charge in [0.05, 0.1) is 12.6 Å². The minimum absolute atomic E-state index is 0.0710. The van der Waals surface area contributed by atoms with Crippen LogP contribution in [0.1, 0.15) is 75.2 Å². The van der Waals surface area contributed by atoms with Crippen LogP contribution < -0.4 is 5.32 Å². The number of carbonyl (C=O) groups excluding carboxylic acids is 2. The number of likely N-dealkylation sites (N-methyl/N-ethyl adjacent to an activating group) is 1. The Morgan fingerprint density at radius 1 is 1.30 bits per heavy atom. The molecule has 33 heavy (non-hydrogen) atoms. The van der Waals surface area contributed by atoms with Gasteiger partial charge in [0.1, 0.15) is 17.2 Å². The molecule has 3 heterocycles. The molecule has 7 nitrogen and oxygen atoms in total. The number of ether oxygens (including phenoxy) is 1. The molecule has 1 aliphatic heterocycles. The molecule has 2 amide bonds. The Hall–Kier alpha value is -2.41. The number of hydrogen-bond acceptors (Lipinski definition) is 4. The Bertz CT molecular complexity index is 1030. The van der Waals surface area contributed by atoms with E-state index in [4.69, 9.17) is 4.74 Å². The molecule has 2 aliphatic carbocycles. The van der Waals surface area contributed by atoms with Crippen LogP contribution in [0, 0.1) is 17.3 Å². The number of carbonyl (C=O) groups is 2. The number of pyridine rings is 1. The highest BCUT2D eigenvalue weighted by Gasteiger charge is 2.43. The largest absolute Gasteiger partial charge is 0.379 e. The molecule has 3 fully saturated rings. The lowest BCUT2D eigenvalue weighted by Gasteiger charge is -2.48. The summed E-state index contributed by atoms with van der Waals surface area (Å²) in [5, 5.41) is 3.14. The summed E-state index contributed by atoms with van der Waals surface area (Å²) in [4.78, 5) is 32.4. The van der Waals surface area contributed by atoms with Gasteiger partial charge in [0.25, 0.3) is 5.91 Å². The molecule has 7 heteroatoms.